The highest BCUT2D eigenvalue weighted by atomic mass is 16.5. The largest absolute Gasteiger partial charge is 0.486 e. The zero-order chi connectivity index (χ0) is 13.8. The van der Waals surface area contributed by atoms with Crippen LogP contribution in [0.1, 0.15) is 22.6 Å². The van der Waals surface area contributed by atoms with E-state index in [1.165, 1.54) is 6.21 Å². The Morgan fingerprint density at radius 3 is 2.89 bits per heavy atom. The van der Waals surface area contributed by atoms with E-state index >= 15 is 0 Å². The highest BCUT2D eigenvalue weighted by molar-refractivity contribution is 5.84. The van der Waals surface area contributed by atoms with Crippen LogP contribution < -0.4 is 15.9 Å². The lowest BCUT2D eigenvalue weighted by atomic mass is 10.1. The van der Waals surface area contributed by atoms with E-state index in [2.05, 4.69) is 5.16 Å². The molecule has 0 aliphatic rings. The van der Waals surface area contributed by atoms with Gasteiger partial charge in [-0.05, 0) is 13.0 Å². The lowest BCUT2D eigenvalue weighted by Gasteiger charge is -2.08. The fourth-order valence-electron chi connectivity index (χ4n) is 1.60. The van der Waals surface area contributed by atoms with Crippen LogP contribution in [-0.4, -0.2) is 11.4 Å². The molecule has 0 spiro atoms. The third-order valence-corrected chi connectivity index (χ3v) is 2.54. The van der Waals surface area contributed by atoms with Crippen LogP contribution in [0.4, 0.5) is 5.69 Å². The minimum Gasteiger partial charge on any atom is -0.486 e. The molecule has 0 aliphatic heterocycles. The third kappa shape index (κ3) is 2.72. The van der Waals surface area contributed by atoms with Crippen LogP contribution >= 0.6 is 0 Å². The van der Waals surface area contributed by atoms with Gasteiger partial charge in [-0.2, -0.15) is 5.26 Å². The summed E-state index contributed by atoms with van der Waals surface area (Å²) in [6.07, 6.45) is 1.35. The first-order valence-corrected chi connectivity index (χ1v) is 5.57. The van der Waals surface area contributed by atoms with Gasteiger partial charge < -0.3 is 15.0 Å². The molecule has 0 radical (unpaired) electrons. The number of ether oxygens (including phenoxy) is 1. The molecule has 19 heavy (non-hydrogen) atoms. The Labute approximate surface area is 109 Å². The monoisotopic (exact) mass is 257 g/mol. The van der Waals surface area contributed by atoms with Crippen molar-refractivity contribution < 1.29 is 14.7 Å². The van der Waals surface area contributed by atoms with Gasteiger partial charge in [-0.15, -0.1) is 0 Å². The first-order valence-electron chi connectivity index (χ1n) is 5.57. The van der Waals surface area contributed by atoms with E-state index in [9.17, 15) is 0 Å². The summed E-state index contributed by atoms with van der Waals surface area (Å²) in [5.74, 6) is 1.10. The van der Waals surface area contributed by atoms with Crippen molar-refractivity contribution in [1.29, 1.82) is 5.26 Å². The number of anilines is 1. The number of rotatable bonds is 4. The number of hydrogen-bond acceptors (Lipinski definition) is 5. The van der Waals surface area contributed by atoms with Gasteiger partial charge >= 0.3 is 0 Å². The zero-order valence-corrected chi connectivity index (χ0v) is 10.4. The second kappa shape index (κ2) is 5.23. The van der Waals surface area contributed by atoms with Crippen LogP contribution in [0.2, 0.25) is 0 Å². The molecule has 0 fully saturated rings. The Bertz CT molecular complexity index is 655. The molecule has 96 valence electrons. The normalized spacial score (nSPS) is 9.89. The Morgan fingerprint density at radius 2 is 2.32 bits per heavy atom. The number of nitrogens with two attached hydrogens (primary N) is 2. The molecular weight excluding hydrogens is 244 g/mol. The number of nitrogens with zero attached hydrogens (tertiary/aromatic N) is 2. The Morgan fingerprint density at radius 1 is 1.53 bits per heavy atom. The van der Waals surface area contributed by atoms with Gasteiger partial charge in [0.15, 0.2) is 6.21 Å². The minimum atomic E-state index is 0.206. The second-order valence-electron chi connectivity index (χ2n) is 3.97. The molecule has 0 atom stereocenters. The maximum absolute atomic E-state index is 9.07. The van der Waals surface area contributed by atoms with Gasteiger partial charge in [0.2, 0.25) is 0 Å². The van der Waals surface area contributed by atoms with Crippen molar-refractivity contribution in [3.63, 3.8) is 0 Å². The molecule has 2 aromatic rings. The van der Waals surface area contributed by atoms with Crippen molar-refractivity contribution in [3.05, 3.63) is 40.8 Å². The van der Waals surface area contributed by atoms with E-state index < -0.39 is 0 Å². The topological polar surface area (TPSA) is 111 Å². The van der Waals surface area contributed by atoms with E-state index in [4.69, 9.17) is 25.7 Å². The van der Waals surface area contributed by atoms with Crippen molar-refractivity contribution in [2.75, 3.05) is 5.73 Å². The summed E-state index contributed by atoms with van der Waals surface area (Å²) in [4.78, 5) is 0. The molecule has 6 nitrogen and oxygen atoms in total. The van der Waals surface area contributed by atoms with Gasteiger partial charge in [-0.25, -0.2) is 0 Å². The smallest absolute Gasteiger partial charge is 0.169 e. The number of aromatic nitrogens is 1. The van der Waals surface area contributed by atoms with Gasteiger partial charge in [0.25, 0.3) is 0 Å². The van der Waals surface area contributed by atoms with Crippen LogP contribution in [0.15, 0.2) is 22.7 Å². The maximum atomic E-state index is 9.07. The summed E-state index contributed by atoms with van der Waals surface area (Å²) >= 11 is 0. The molecule has 0 saturated heterocycles. The van der Waals surface area contributed by atoms with E-state index in [1.807, 2.05) is 6.07 Å². The molecule has 0 unspecified atom stereocenters. The molecule has 6 heteroatoms. The van der Waals surface area contributed by atoms with Gasteiger partial charge in [0.1, 0.15) is 29.9 Å². The molecule has 4 N–H and O–H groups in total. The summed E-state index contributed by atoms with van der Waals surface area (Å²) < 4.78 is 10.5. The van der Waals surface area contributed by atoms with Gasteiger partial charge in [0.05, 0.1) is 11.1 Å². The Kier molecular flexibility index (Phi) is 3.48. The van der Waals surface area contributed by atoms with E-state index in [0.717, 1.165) is 0 Å². The average Bonchev–Trinajstić information content (AvgIpc) is 2.82. The molecule has 1 heterocycles. The Hall–Kier alpha value is -2.81. The van der Waals surface area contributed by atoms with Crippen molar-refractivity contribution in [1.82, 2.24) is 5.16 Å². The van der Waals surface area contributed by atoms with Crippen LogP contribution in [0.5, 0.6) is 5.75 Å². The van der Waals surface area contributed by atoms with Gasteiger partial charge in [-0.3, -0.25) is 5.41 Å². The Balaban J connectivity index is 2.22. The highest BCUT2D eigenvalue weighted by Gasteiger charge is 2.10. The lowest BCUT2D eigenvalue weighted by Crippen LogP contribution is -2.30. The predicted octanol–water partition coefficient (Wildman–Crippen LogP) is 0.194. The zero-order valence-electron chi connectivity index (χ0n) is 10.4. The van der Waals surface area contributed by atoms with E-state index in [0.29, 0.717) is 34.0 Å². The number of benzene rings is 1. The molecule has 0 aliphatic carbocycles. The summed E-state index contributed by atoms with van der Waals surface area (Å²) in [6, 6.07) is 6.96. The fourth-order valence-corrected chi connectivity index (χ4v) is 1.60. The highest BCUT2D eigenvalue weighted by Crippen LogP contribution is 2.24. The van der Waals surface area contributed by atoms with Crippen LogP contribution in [0, 0.1) is 18.3 Å². The quantitative estimate of drug-likeness (QED) is 0.600. The molecule has 0 bridgehead atoms. The predicted molar refractivity (Wildman–Crippen MR) is 68.2 cm³/mol. The summed E-state index contributed by atoms with van der Waals surface area (Å²) in [7, 11) is 0. The number of nitrogen functional groups attached to an aromatic ring is 1. The summed E-state index contributed by atoms with van der Waals surface area (Å²) in [6.45, 7) is 2.00. The van der Waals surface area contributed by atoms with E-state index in [-0.39, 0.29) is 6.61 Å². The molecule has 0 amide bonds. The van der Waals surface area contributed by atoms with Crippen LogP contribution in [0.3, 0.4) is 0 Å². The number of hydrogen-bond donors (Lipinski definition) is 2. The standard InChI is InChI=1S/C13H12N4O2/c1-8-2-11(17-19-8)7-18-13-4-12(16)9(5-14)3-10(13)6-15/h2-5,14H,7,16H2,1H3/p+1. The molecule has 1 aromatic carbocycles. The number of nitriles is 1. The van der Waals surface area contributed by atoms with E-state index in [1.54, 1.807) is 25.1 Å². The van der Waals surface area contributed by atoms with Gasteiger partial charge in [-0.1, -0.05) is 5.16 Å². The maximum Gasteiger partial charge on any atom is 0.169 e. The van der Waals surface area contributed by atoms with Crippen molar-refractivity contribution in [2.45, 2.75) is 13.5 Å². The third-order valence-electron chi connectivity index (χ3n) is 2.54. The first-order chi connectivity index (χ1) is 9.13. The number of aryl methyl sites for hydroxylation is 1. The average molecular weight is 257 g/mol. The van der Waals surface area contributed by atoms with Crippen LogP contribution in [-0.2, 0) is 6.61 Å². The van der Waals surface area contributed by atoms with Crippen molar-refractivity contribution in [3.8, 4) is 11.8 Å². The molecule has 2 rings (SSSR count). The fraction of sp³-hybridized carbons (Fsp3) is 0.154. The molecule has 1 aromatic heterocycles. The minimum absolute atomic E-state index is 0.206. The summed E-state index contributed by atoms with van der Waals surface area (Å²) in [5, 5.41) is 18.3. The summed E-state index contributed by atoms with van der Waals surface area (Å²) in [5.41, 5.74) is 7.86. The molecular formula is C13H13N4O2+. The van der Waals surface area contributed by atoms with Crippen molar-refractivity contribution >= 4 is 11.9 Å². The van der Waals surface area contributed by atoms with Crippen LogP contribution in [0.25, 0.3) is 0 Å². The SMILES string of the molecule is Cc1cc(COc2cc(N)c(C=[NH2+])cc2C#N)no1. The van der Waals surface area contributed by atoms with Gasteiger partial charge in [0, 0.05) is 17.8 Å². The second-order valence-corrected chi connectivity index (χ2v) is 3.97. The first kappa shape index (κ1) is 12.6. The molecule has 0 saturated carbocycles. The van der Waals surface area contributed by atoms with Crippen molar-refractivity contribution in [2.24, 2.45) is 0 Å². The lowest BCUT2D eigenvalue weighted by molar-refractivity contribution is -0.104.